The average molecular weight is 454 g/mol. The molecule has 33 heavy (non-hydrogen) atoms. The quantitative estimate of drug-likeness (QED) is 0.338. The van der Waals surface area contributed by atoms with E-state index in [1.165, 1.54) is 4.90 Å². The third kappa shape index (κ3) is 5.09. The summed E-state index contributed by atoms with van der Waals surface area (Å²) in [7, 11) is 5.64. The number of likely N-dealkylation sites (tertiary alicyclic amines) is 1. The predicted molar refractivity (Wildman–Crippen MR) is 125 cm³/mol. The Kier molecular flexibility index (Phi) is 7.87. The maximum Gasteiger partial charge on any atom is 0.291 e. The molecule has 0 spiro atoms. The molecule has 1 fully saturated rings. The highest BCUT2D eigenvalue weighted by Gasteiger charge is 2.52. The summed E-state index contributed by atoms with van der Waals surface area (Å²) in [6.45, 7) is 5.35. The highest BCUT2D eigenvalue weighted by molar-refractivity contribution is 6.44. The summed E-state index contributed by atoms with van der Waals surface area (Å²) in [4.78, 5) is 42.9. The van der Waals surface area contributed by atoms with Crippen LogP contribution in [0, 0.1) is 12.8 Å². The van der Waals surface area contributed by atoms with Crippen LogP contribution < -0.4 is 14.4 Å². The van der Waals surface area contributed by atoms with Gasteiger partial charge in [0.25, 0.3) is 5.91 Å². The molecule has 1 aliphatic rings. The zero-order valence-corrected chi connectivity index (χ0v) is 20.0. The molecule has 1 amide bonds. The van der Waals surface area contributed by atoms with Gasteiger partial charge in [-0.05, 0) is 43.7 Å². The lowest BCUT2D eigenvalue weighted by Crippen LogP contribution is -3.05. The van der Waals surface area contributed by atoms with Crippen LogP contribution in [0.4, 0.5) is 0 Å². The van der Waals surface area contributed by atoms with Gasteiger partial charge in [-0.2, -0.15) is 0 Å². The standard InChI is InChI=1S/C26H32N2O5/c1-6-33-21-11-8-7-10-20(21)23-22(24(29)19-13-12-18(32-5)16-17(19)2)25(30)26(31)28(23)15-9-14-27(3)4/h7-8,10-13,16,22-23H,6,9,14-15H2,1-5H3/p+1. The van der Waals surface area contributed by atoms with Crippen molar-refractivity contribution in [3.8, 4) is 11.5 Å². The number of methoxy groups -OCH3 is 1. The molecular weight excluding hydrogens is 420 g/mol. The maximum absolute atomic E-state index is 13.7. The van der Waals surface area contributed by atoms with Gasteiger partial charge in [-0.15, -0.1) is 0 Å². The summed E-state index contributed by atoms with van der Waals surface area (Å²) < 4.78 is 11.1. The minimum absolute atomic E-state index is 0.356. The van der Waals surface area contributed by atoms with Crippen LogP contribution in [0.5, 0.6) is 11.5 Å². The van der Waals surface area contributed by atoms with Crippen LogP contribution >= 0.6 is 0 Å². The van der Waals surface area contributed by atoms with Crippen molar-refractivity contribution in [3.63, 3.8) is 0 Å². The van der Waals surface area contributed by atoms with Gasteiger partial charge >= 0.3 is 0 Å². The highest BCUT2D eigenvalue weighted by Crippen LogP contribution is 2.42. The molecule has 0 bridgehead atoms. The van der Waals surface area contributed by atoms with Crippen LogP contribution in [0.1, 0.15) is 40.9 Å². The predicted octanol–water partition coefficient (Wildman–Crippen LogP) is 1.89. The van der Waals surface area contributed by atoms with Crippen molar-refractivity contribution in [2.45, 2.75) is 26.3 Å². The molecule has 7 nitrogen and oxygen atoms in total. The maximum atomic E-state index is 13.7. The molecular formula is C26H33N2O5+. The molecule has 1 saturated heterocycles. The minimum Gasteiger partial charge on any atom is -0.497 e. The third-order valence-electron chi connectivity index (χ3n) is 6.00. The molecule has 2 unspecified atom stereocenters. The molecule has 1 N–H and O–H groups in total. The molecule has 176 valence electrons. The summed E-state index contributed by atoms with van der Waals surface area (Å²) in [5.74, 6) is -1.54. The lowest BCUT2D eigenvalue weighted by molar-refractivity contribution is -0.858. The SMILES string of the molecule is CCOc1ccccc1C1C(C(=O)c2ccc(OC)cc2C)C(=O)C(=O)N1CCC[NH+](C)C. The molecule has 2 aromatic carbocycles. The van der Waals surface area contributed by atoms with Gasteiger partial charge in [-0.3, -0.25) is 14.4 Å². The van der Waals surface area contributed by atoms with Crippen LogP contribution in [-0.2, 0) is 9.59 Å². The van der Waals surface area contributed by atoms with Crippen molar-refractivity contribution >= 4 is 17.5 Å². The molecule has 0 aliphatic carbocycles. The van der Waals surface area contributed by atoms with E-state index in [9.17, 15) is 14.4 Å². The number of quaternary nitrogens is 1. The van der Waals surface area contributed by atoms with Crippen molar-refractivity contribution in [3.05, 3.63) is 59.2 Å². The van der Waals surface area contributed by atoms with E-state index in [0.29, 0.717) is 41.3 Å². The number of ether oxygens (including phenoxy) is 2. The van der Waals surface area contributed by atoms with Crippen LogP contribution in [0.25, 0.3) is 0 Å². The highest BCUT2D eigenvalue weighted by atomic mass is 16.5. The molecule has 1 aliphatic heterocycles. The first-order valence-corrected chi connectivity index (χ1v) is 11.3. The van der Waals surface area contributed by atoms with Gasteiger partial charge in [0.05, 0.1) is 40.4 Å². The van der Waals surface area contributed by atoms with Gasteiger partial charge in [-0.1, -0.05) is 18.2 Å². The number of carbonyl (C=O) groups excluding carboxylic acids is 3. The van der Waals surface area contributed by atoms with Gasteiger partial charge in [0, 0.05) is 24.1 Å². The first-order chi connectivity index (χ1) is 15.8. The normalized spacial score (nSPS) is 18.2. The van der Waals surface area contributed by atoms with E-state index in [2.05, 4.69) is 0 Å². The number of nitrogens with zero attached hydrogens (tertiary/aromatic N) is 1. The first kappa shape index (κ1) is 24.5. The van der Waals surface area contributed by atoms with Crippen molar-refractivity contribution in [2.24, 2.45) is 5.92 Å². The fourth-order valence-corrected chi connectivity index (χ4v) is 4.40. The number of rotatable bonds is 10. The molecule has 0 radical (unpaired) electrons. The number of hydrogen-bond acceptors (Lipinski definition) is 5. The Bertz CT molecular complexity index is 1030. The van der Waals surface area contributed by atoms with Crippen molar-refractivity contribution in [1.82, 2.24) is 4.90 Å². The largest absolute Gasteiger partial charge is 0.497 e. The lowest BCUT2D eigenvalue weighted by Gasteiger charge is -2.29. The van der Waals surface area contributed by atoms with E-state index in [-0.39, 0.29) is 5.78 Å². The number of hydrogen-bond donors (Lipinski definition) is 1. The summed E-state index contributed by atoms with van der Waals surface area (Å²) >= 11 is 0. The van der Waals surface area contributed by atoms with Crippen LogP contribution in [0.2, 0.25) is 0 Å². The van der Waals surface area contributed by atoms with Crippen molar-refractivity contribution < 1.29 is 28.8 Å². The number of amides is 1. The summed E-state index contributed by atoms with van der Waals surface area (Å²) in [5, 5.41) is 0. The first-order valence-electron chi connectivity index (χ1n) is 11.3. The molecule has 0 saturated carbocycles. The van der Waals surface area contributed by atoms with Crippen LogP contribution in [-0.4, -0.2) is 63.3 Å². The Hall–Kier alpha value is -3.19. The number of Topliss-reactive ketones (excluding diaryl/α,β-unsaturated/α-hetero) is 2. The molecule has 3 rings (SSSR count). The lowest BCUT2D eigenvalue weighted by atomic mass is 9.84. The number of para-hydroxylation sites is 1. The summed E-state index contributed by atoms with van der Waals surface area (Å²) in [5.41, 5.74) is 1.80. The third-order valence-corrected chi connectivity index (χ3v) is 6.00. The fraction of sp³-hybridized carbons (Fsp3) is 0.423. The number of carbonyl (C=O) groups is 3. The topological polar surface area (TPSA) is 77.3 Å². The van der Waals surface area contributed by atoms with Crippen LogP contribution in [0.15, 0.2) is 42.5 Å². The van der Waals surface area contributed by atoms with E-state index in [1.54, 1.807) is 37.1 Å². The van der Waals surface area contributed by atoms with Gasteiger partial charge in [0.15, 0.2) is 5.78 Å². The Morgan fingerprint density at radius 2 is 1.85 bits per heavy atom. The fourth-order valence-electron chi connectivity index (χ4n) is 4.40. The van der Waals surface area contributed by atoms with Gasteiger partial charge < -0.3 is 19.3 Å². The van der Waals surface area contributed by atoms with E-state index >= 15 is 0 Å². The van der Waals surface area contributed by atoms with Gasteiger partial charge in [0.2, 0.25) is 5.78 Å². The van der Waals surface area contributed by atoms with E-state index in [0.717, 1.165) is 13.0 Å². The Labute approximate surface area is 195 Å². The smallest absolute Gasteiger partial charge is 0.291 e. The summed E-state index contributed by atoms with van der Waals surface area (Å²) in [6, 6.07) is 11.8. The van der Waals surface area contributed by atoms with Gasteiger partial charge in [0.1, 0.15) is 17.4 Å². The van der Waals surface area contributed by atoms with Crippen molar-refractivity contribution in [1.29, 1.82) is 0 Å². The number of benzene rings is 2. The van der Waals surface area contributed by atoms with E-state index < -0.39 is 23.7 Å². The monoisotopic (exact) mass is 453 g/mol. The molecule has 2 aromatic rings. The Morgan fingerprint density at radius 3 is 2.48 bits per heavy atom. The van der Waals surface area contributed by atoms with E-state index in [4.69, 9.17) is 9.47 Å². The molecule has 0 aromatic heterocycles. The zero-order valence-electron chi connectivity index (χ0n) is 20.0. The Balaban J connectivity index is 2.07. The number of nitrogens with one attached hydrogen (secondary N) is 1. The van der Waals surface area contributed by atoms with E-state index in [1.807, 2.05) is 45.3 Å². The Morgan fingerprint density at radius 1 is 1.12 bits per heavy atom. The molecule has 1 heterocycles. The summed E-state index contributed by atoms with van der Waals surface area (Å²) in [6.07, 6.45) is 0.719. The second-order valence-corrected chi connectivity index (χ2v) is 8.61. The van der Waals surface area contributed by atoms with Crippen LogP contribution in [0.3, 0.4) is 0 Å². The molecule has 7 heteroatoms. The second kappa shape index (κ2) is 10.6. The number of aryl methyl sites for hydroxylation is 1. The van der Waals surface area contributed by atoms with Crippen molar-refractivity contribution in [2.75, 3.05) is 40.9 Å². The number of ketones is 2. The van der Waals surface area contributed by atoms with Gasteiger partial charge in [-0.25, -0.2) is 0 Å². The second-order valence-electron chi connectivity index (χ2n) is 8.61. The molecule has 2 atom stereocenters. The zero-order chi connectivity index (χ0) is 24.1. The average Bonchev–Trinajstić information content (AvgIpc) is 3.04. The minimum atomic E-state index is -1.13.